The van der Waals surface area contributed by atoms with Gasteiger partial charge in [0.05, 0.1) is 6.20 Å². The van der Waals surface area contributed by atoms with E-state index in [1.165, 1.54) is 63.1 Å². The third kappa shape index (κ3) is 4.59. The standard InChI is InChI=1S/C22H28FNO/c1-2-3-4-5-16-6-8-17(9-7-16)18-10-12-19(13-11-18)22-21(23)14-20(25)15-24-22/h10-17,25H,2-9H2,1H3/t16-,17-. The summed E-state index contributed by atoms with van der Waals surface area (Å²) in [5, 5.41) is 9.29. The van der Waals surface area contributed by atoms with Crippen LogP contribution in [0.3, 0.4) is 0 Å². The zero-order chi connectivity index (χ0) is 17.6. The van der Waals surface area contributed by atoms with Crippen LogP contribution < -0.4 is 0 Å². The Hall–Kier alpha value is -1.90. The van der Waals surface area contributed by atoms with Gasteiger partial charge in [0.15, 0.2) is 5.82 Å². The maximum absolute atomic E-state index is 13.9. The van der Waals surface area contributed by atoms with Crippen molar-refractivity contribution in [1.29, 1.82) is 0 Å². The average Bonchev–Trinajstić information content (AvgIpc) is 2.63. The summed E-state index contributed by atoms with van der Waals surface area (Å²) in [7, 11) is 0. The van der Waals surface area contributed by atoms with E-state index in [4.69, 9.17) is 0 Å². The topological polar surface area (TPSA) is 33.1 Å². The quantitative estimate of drug-likeness (QED) is 0.613. The molecular formula is C22H28FNO. The molecular weight excluding hydrogens is 313 g/mol. The van der Waals surface area contributed by atoms with Crippen molar-refractivity contribution < 1.29 is 9.50 Å². The molecule has 0 unspecified atom stereocenters. The van der Waals surface area contributed by atoms with E-state index in [9.17, 15) is 9.50 Å². The van der Waals surface area contributed by atoms with Crippen LogP contribution in [0.25, 0.3) is 11.3 Å². The molecule has 3 heteroatoms. The normalized spacial score (nSPS) is 20.6. The molecule has 1 aromatic heterocycles. The van der Waals surface area contributed by atoms with Crippen LogP contribution in [-0.4, -0.2) is 10.1 Å². The van der Waals surface area contributed by atoms with Crippen molar-refractivity contribution in [1.82, 2.24) is 4.98 Å². The van der Waals surface area contributed by atoms with Gasteiger partial charge in [0.2, 0.25) is 0 Å². The van der Waals surface area contributed by atoms with Crippen LogP contribution in [0.15, 0.2) is 36.5 Å². The molecule has 0 bridgehead atoms. The molecule has 2 aromatic rings. The van der Waals surface area contributed by atoms with Gasteiger partial charge >= 0.3 is 0 Å². The summed E-state index contributed by atoms with van der Waals surface area (Å²) in [6.45, 7) is 2.26. The van der Waals surface area contributed by atoms with E-state index in [0.29, 0.717) is 11.6 Å². The van der Waals surface area contributed by atoms with Crippen molar-refractivity contribution in [2.24, 2.45) is 5.92 Å². The Morgan fingerprint density at radius 2 is 1.80 bits per heavy atom. The van der Waals surface area contributed by atoms with E-state index in [2.05, 4.69) is 24.0 Å². The van der Waals surface area contributed by atoms with Crippen molar-refractivity contribution in [2.45, 2.75) is 64.2 Å². The molecule has 1 aliphatic carbocycles. The van der Waals surface area contributed by atoms with Crippen LogP contribution in [-0.2, 0) is 0 Å². The van der Waals surface area contributed by atoms with Crippen molar-refractivity contribution in [3.63, 3.8) is 0 Å². The molecule has 2 nitrogen and oxygen atoms in total. The first-order chi connectivity index (χ1) is 12.2. The molecule has 1 aliphatic rings. The second-order valence-electron chi connectivity index (χ2n) is 7.36. The van der Waals surface area contributed by atoms with Gasteiger partial charge < -0.3 is 5.11 Å². The number of hydrogen-bond acceptors (Lipinski definition) is 2. The van der Waals surface area contributed by atoms with Gasteiger partial charge in [-0.15, -0.1) is 0 Å². The van der Waals surface area contributed by atoms with Crippen LogP contribution in [0.4, 0.5) is 4.39 Å². The third-order valence-corrected chi connectivity index (χ3v) is 5.54. The zero-order valence-electron chi connectivity index (χ0n) is 15.0. The van der Waals surface area contributed by atoms with E-state index >= 15 is 0 Å². The van der Waals surface area contributed by atoms with E-state index in [0.717, 1.165) is 17.5 Å². The van der Waals surface area contributed by atoms with Crippen molar-refractivity contribution in [3.8, 4) is 17.0 Å². The molecule has 3 rings (SSSR count). The SMILES string of the molecule is CCCCC[C@H]1CC[C@H](c2ccc(-c3ncc(O)cc3F)cc2)CC1. The third-order valence-electron chi connectivity index (χ3n) is 5.54. The number of rotatable bonds is 6. The molecule has 1 aromatic carbocycles. The lowest BCUT2D eigenvalue weighted by Gasteiger charge is -2.29. The fourth-order valence-electron chi connectivity index (χ4n) is 4.02. The number of aromatic hydroxyl groups is 1. The predicted molar refractivity (Wildman–Crippen MR) is 100 cm³/mol. The number of hydrogen-bond donors (Lipinski definition) is 1. The molecule has 1 fully saturated rings. The van der Waals surface area contributed by atoms with Crippen molar-refractivity contribution >= 4 is 0 Å². The minimum atomic E-state index is -0.486. The lowest BCUT2D eigenvalue weighted by Crippen LogP contribution is -2.13. The largest absolute Gasteiger partial charge is 0.506 e. The summed E-state index contributed by atoms with van der Waals surface area (Å²) < 4.78 is 13.9. The molecule has 0 aliphatic heterocycles. The van der Waals surface area contributed by atoms with Crippen LogP contribution in [0.1, 0.15) is 69.8 Å². The zero-order valence-corrected chi connectivity index (χ0v) is 15.0. The van der Waals surface area contributed by atoms with Gasteiger partial charge in [-0.05, 0) is 43.1 Å². The molecule has 0 saturated heterocycles. The van der Waals surface area contributed by atoms with Gasteiger partial charge in [-0.25, -0.2) is 9.37 Å². The monoisotopic (exact) mass is 341 g/mol. The summed E-state index contributed by atoms with van der Waals surface area (Å²) in [5.74, 6) is 0.917. The molecule has 1 N–H and O–H groups in total. The molecule has 25 heavy (non-hydrogen) atoms. The summed E-state index contributed by atoms with van der Waals surface area (Å²) >= 11 is 0. The van der Waals surface area contributed by atoms with Gasteiger partial charge in [0.25, 0.3) is 0 Å². The highest BCUT2D eigenvalue weighted by Crippen LogP contribution is 2.38. The Bertz CT molecular complexity index is 675. The fraction of sp³-hybridized carbons (Fsp3) is 0.500. The first-order valence-corrected chi connectivity index (χ1v) is 9.62. The van der Waals surface area contributed by atoms with Crippen LogP contribution in [0, 0.1) is 11.7 Å². The van der Waals surface area contributed by atoms with Crippen LogP contribution in [0.2, 0.25) is 0 Å². The lowest BCUT2D eigenvalue weighted by atomic mass is 9.77. The summed E-state index contributed by atoms with van der Waals surface area (Å²) in [5.41, 5.74) is 2.41. The molecule has 0 amide bonds. The van der Waals surface area contributed by atoms with Crippen LogP contribution >= 0.6 is 0 Å². The number of unbranched alkanes of at least 4 members (excludes halogenated alkanes) is 2. The summed E-state index contributed by atoms with van der Waals surface area (Å²) in [6, 6.07) is 9.24. The maximum Gasteiger partial charge on any atom is 0.153 e. The highest BCUT2D eigenvalue weighted by Gasteiger charge is 2.22. The Morgan fingerprint density at radius 3 is 2.44 bits per heavy atom. The number of halogens is 1. The highest BCUT2D eigenvalue weighted by molar-refractivity contribution is 5.60. The van der Waals surface area contributed by atoms with E-state index < -0.39 is 5.82 Å². The van der Waals surface area contributed by atoms with Crippen molar-refractivity contribution in [3.05, 3.63) is 47.9 Å². The van der Waals surface area contributed by atoms with E-state index in [-0.39, 0.29) is 5.75 Å². The second-order valence-corrected chi connectivity index (χ2v) is 7.36. The van der Waals surface area contributed by atoms with Gasteiger partial charge in [-0.1, -0.05) is 56.9 Å². The van der Waals surface area contributed by atoms with E-state index in [1.807, 2.05) is 12.1 Å². The minimum absolute atomic E-state index is 0.145. The van der Waals surface area contributed by atoms with E-state index in [1.54, 1.807) is 0 Å². The Morgan fingerprint density at radius 1 is 1.08 bits per heavy atom. The second kappa shape index (κ2) is 8.46. The number of benzene rings is 1. The molecule has 0 atom stereocenters. The Labute approximate surface area is 150 Å². The average molecular weight is 341 g/mol. The maximum atomic E-state index is 13.9. The minimum Gasteiger partial charge on any atom is -0.506 e. The number of nitrogens with zero attached hydrogens (tertiary/aromatic N) is 1. The number of pyridine rings is 1. The summed E-state index contributed by atoms with van der Waals surface area (Å²) in [4.78, 5) is 4.01. The molecule has 0 spiro atoms. The molecule has 0 radical (unpaired) electrons. The van der Waals surface area contributed by atoms with Crippen molar-refractivity contribution in [2.75, 3.05) is 0 Å². The summed E-state index contributed by atoms with van der Waals surface area (Å²) in [6.07, 6.45) is 11.9. The smallest absolute Gasteiger partial charge is 0.153 e. The first kappa shape index (κ1) is 17.9. The van der Waals surface area contributed by atoms with Gasteiger partial charge in [0, 0.05) is 11.6 Å². The lowest BCUT2D eigenvalue weighted by molar-refractivity contribution is 0.303. The molecule has 1 saturated carbocycles. The van der Waals surface area contributed by atoms with Gasteiger partial charge in [-0.3, -0.25) is 0 Å². The molecule has 1 heterocycles. The first-order valence-electron chi connectivity index (χ1n) is 9.62. The fourth-order valence-corrected chi connectivity index (χ4v) is 4.02. The van der Waals surface area contributed by atoms with Crippen LogP contribution in [0.5, 0.6) is 5.75 Å². The van der Waals surface area contributed by atoms with Gasteiger partial charge in [0.1, 0.15) is 11.4 Å². The Balaban J connectivity index is 1.60. The number of aromatic nitrogens is 1. The Kier molecular flexibility index (Phi) is 6.06. The highest BCUT2D eigenvalue weighted by atomic mass is 19.1. The predicted octanol–water partition coefficient (Wildman–Crippen LogP) is 6.45. The van der Waals surface area contributed by atoms with Gasteiger partial charge in [-0.2, -0.15) is 0 Å². The molecule has 134 valence electrons.